The smallest absolute Gasteiger partial charge is 0.303 e. The van der Waals surface area contributed by atoms with Crippen molar-refractivity contribution in [2.45, 2.75) is 38.0 Å². The van der Waals surface area contributed by atoms with Crippen LogP contribution in [0, 0.1) is 0 Å². The van der Waals surface area contributed by atoms with Crippen LogP contribution in [0.2, 0.25) is 0 Å². The molecule has 0 spiro atoms. The number of carbonyl (C=O) groups is 1. The second-order valence-electron chi connectivity index (χ2n) is 9.10. The third-order valence-corrected chi connectivity index (χ3v) is 6.47. The Hall–Kier alpha value is -3.57. The standard InChI is InChI=1S/C26H31N5O6.ClH/c32-26(33)15-19(18-4-5-21-22(13-18)36-17-35-21)14-25-29-23(30-37-25)3-1-2-7-27-24-16-20(6-8-28-24)31-9-11-34-12-10-31;/h4-6,8,13,16,19H,1-3,7,9-12,14-15,17H2,(H,27,28)(H,32,33);1H. The predicted octanol–water partition coefficient (Wildman–Crippen LogP) is 3.69. The number of fused-ring (bicyclic) bond motifs is 1. The van der Waals surface area contributed by atoms with Gasteiger partial charge < -0.3 is 34.1 Å². The summed E-state index contributed by atoms with van der Waals surface area (Å²) < 4.78 is 21.7. The quantitative estimate of drug-likeness (QED) is 0.323. The minimum atomic E-state index is -0.889. The van der Waals surface area contributed by atoms with Gasteiger partial charge in [0.2, 0.25) is 12.7 Å². The molecule has 0 amide bonds. The van der Waals surface area contributed by atoms with Gasteiger partial charge in [-0.2, -0.15) is 4.98 Å². The van der Waals surface area contributed by atoms with Crippen molar-refractivity contribution in [3.05, 3.63) is 53.8 Å². The zero-order chi connectivity index (χ0) is 25.5. The van der Waals surface area contributed by atoms with Crippen LogP contribution in [0.4, 0.5) is 11.5 Å². The van der Waals surface area contributed by atoms with E-state index in [0.29, 0.717) is 36.1 Å². The number of morpholine rings is 1. The fraction of sp³-hybridized carbons (Fsp3) is 0.462. The fourth-order valence-corrected chi connectivity index (χ4v) is 4.53. The molecule has 5 rings (SSSR count). The van der Waals surface area contributed by atoms with E-state index in [-0.39, 0.29) is 31.5 Å². The number of aliphatic carboxylic acids is 1. The van der Waals surface area contributed by atoms with Gasteiger partial charge in [-0.25, -0.2) is 4.98 Å². The highest BCUT2D eigenvalue weighted by atomic mass is 35.5. The maximum atomic E-state index is 11.5. The lowest BCUT2D eigenvalue weighted by molar-refractivity contribution is -0.137. The number of pyridine rings is 1. The summed E-state index contributed by atoms with van der Waals surface area (Å²) in [5, 5.41) is 16.9. The van der Waals surface area contributed by atoms with E-state index in [1.54, 1.807) is 6.07 Å². The molecule has 2 aliphatic rings. The lowest BCUT2D eigenvalue weighted by atomic mass is 9.92. The first kappa shape index (κ1) is 27.5. The number of halogens is 1. The first-order chi connectivity index (χ1) is 18.1. The molecule has 1 atom stereocenters. The molecule has 204 valence electrons. The molecule has 11 nitrogen and oxygen atoms in total. The number of hydrogen-bond acceptors (Lipinski definition) is 10. The lowest BCUT2D eigenvalue weighted by Gasteiger charge is -2.29. The molecule has 0 saturated carbocycles. The zero-order valence-corrected chi connectivity index (χ0v) is 21.8. The minimum absolute atomic E-state index is 0. The SMILES string of the molecule is Cl.O=C(O)CC(Cc1nc(CCCCNc2cc(N3CCOCC3)ccn2)no1)c1ccc2c(c1)OCO2. The molecule has 1 aromatic carbocycles. The molecule has 0 bridgehead atoms. The van der Waals surface area contributed by atoms with E-state index in [2.05, 4.69) is 31.4 Å². The Bertz CT molecular complexity index is 1200. The summed E-state index contributed by atoms with van der Waals surface area (Å²) in [6, 6.07) is 9.58. The number of rotatable bonds is 12. The van der Waals surface area contributed by atoms with Crippen molar-refractivity contribution in [3.8, 4) is 11.5 Å². The molecule has 1 unspecified atom stereocenters. The van der Waals surface area contributed by atoms with Crippen molar-refractivity contribution in [2.24, 2.45) is 0 Å². The highest BCUT2D eigenvalue weighted by molar-refractivity contribution is 5.85. The predicted molar refractivity (Wildman–Crippen MR) is 142 cm³/mol. The maximum absolute atomic E-state index is 11.5. The van der Waals surface area contributed by atoms with Crippen molar-refractivity contribution >= 4 is 29.9 Å². The van der Waals surface area contributed by atoms with Gasteiger partial charge in [0.1, 0.15) is 5.82 Å². The number of carboxylic acids is 1. The number of aromatic nitrogens is 3. The van der Waals surface area contributed by atoms with Crippen LogP contribution in [0.1, 0.15) is 42.5 Å². The summed E-state index contributed by atoms with van der Waals surface area (Å²) >= 11 is 0. The van der Waals surface area contributed by atoms with E-state index in [1.807, 2.05) is 24.4 Å². The summed E-state index contributed by atoms with van der Waals surface area (Å²) in [4.78, 5) is 22.7. The van der Waals surface area contributed by atoms with E-state index >= 15 is 0 Å². The topological polar surface area (TPSA) is 132 Å². The van der Waals surface area contributed by atoms with Crippen LogP contribution in [0.25, 0.3) is 0 Å². The van der Waals surface area contributed by atoms with Gasteiger partial charge in [-0.15, -0.1) is 12.4 Å². The number of aryl methyl sites for hydroxylation is 1. The van der Waals surface area contributed by atoms with Crippen molar-refractivity contribution in [2.75, 3.05) is 49.9 Å². The average molecular weight is 546 g/mol. The molecule has 0 aliphatic carbocycles. The van der Waals surface area contributed by atoms with Gasteiger partial charge in [0.25, 0.3) is 0 Å². The van der Waals surface area contributed by atoms with Gasteiger partial charge in [-0.05, 0) is 36.6 Å². The van der Waals surface area contributed by atoms with Crippen LogP contribution in [-0.4, -0.2) is 65.8 Å². The Morgan fingerprint density at radius 1 is 1.11 bits per heavy atom. The molecule has 1 fully saturated rings. The molecular weight excluding hydrogens is 514 g/mol. The Balaban J connectivity index is 0.00000336. The maximum Gasteiger partial charge on any atom is 0.303 e. The van der Waals surface area contributed by atoms with Gasteiger partial charge in [0, 0.05) is 56.3 Å². The number of hydrogen-bond donors (Lipinski definition) is 2. The van der Waals surface area contributed by atoms with Crippen molar-refractivity contribution < 1.29 is 28.6 Å². The van der Waals surface area contributed by atoms with Crippen LogP contribution in [0.5, 0.6) is 11.5 Å². The van der Waals surface area contributed by atoms with E-state index < -0.39 is 5.97 Å². The van der Waals surface area contributed by atoms with E-state index in [4.69, 9.17) is 18.7 Å². The zero-order valence-electron chi connectivity index (χ0n) is 21.0. The average Bonchev–Trinajstić information content (AvgIpc) is 3.57. The van der Waals surface area contributed by atoms with Crippen molar-refractivity contribution in [3.63, 3.8) is 0 Å². The van der Waals surface area contributed by atoms with Crippen LogP contribution < -0.4 is 19.7 Å². The summed E-state index contributed by atoms with van der Waals surface area (Å²) in [5.74, 6) is 2.00. The van der Waals surface area contributed by atoms with Crippen LogP contribution in [0.15, 0.2) is 41.1 Å². The van der Waals surface area contributed by atoms with E-state index in [9.17, 15) is 9.90 Å². The number of ether oxygens (including phenoxy) is 3. The van der Waals surface area contributed by atoms with Gasteiger partial charge in [0.05, 0.1) is 19.6 Å². The Morgan fingerprint density at radius 2 is 1.95 bits per heavy atom. The highest BCUT2D eigenvalue weighted by Gasteiger charge is 2.23. The van der Waals surface area contributed by atoms with Gasteiger partial charge in [0.15, 0.2) is 17.3 Å². The second-order valence-corrected chi connectivity index (χ2v) is 9.10. The third-order valence-electron chi connectivity index (χ3n) is 6.47. The largest absolute Gasteiger partial charge is 0.481 e. The van der Waals surface area contributed by atoms with Crippen LogP contribution >= 0.6 is 12.4 Å². The summed E-state index contributed by atoms with van der Waals surface area (Å²) in [6.45, 7) is 4.24. The Morgan fingerprint density at radius 3 is 2.79 bits per heavy atom. The molecule has 3 aromatic rings. The lowest BCUT2D eigenvalue weighted by Crippen LogP contribution is -2.36. The molecule has 1 saturated heterocycles. The van der Waals surface area contributed by atoms with E-state index in [1.165, 1.54) is 0 Å². The summed E-state index contributed by atoms with van der Waals surface area (Å²) in [6.07, 6.45) is 4.60. The van der Waals surface area contributed by atoms with Crippen molar-refractivity contribution in [1.82, 2.24) is 15.1 Å². The normalized spacial score (nSPS) is 15.1. The molecule has 4 heterocycles. The Kier molecular flexibility index (Phi) is 9.61. The number of nitrogens with zero attached hydrogens (tertiary/aromatic N) is 4. The van der Waals surface area contributed by atoms with E-state index in [0.717, 1.165) is 62.8 Å². The number of unbranched alkanes of at least 4 members (excludes halogenated alkanes) is 1. The fourth-order valence-electron chi connectivity index (χ4n) is 4.53. The van der Waals surface area contributed by atoms with Crippen LogP contribution in [0.3, 0.4) is 0 Å². The molecule has 0 radical (unpaired) electrons. The van der Waals surface area contributed by atoms with Gasteiger partial charge in [-0.1, -0.05) is 11.2 Å². The molecular formula is C26H32ClN5O6. The number of carboxylic acid groups (broad SMARTS) is 1. The summed E-state index contributed by atoms with van der Waals surface area (Å²) in [7, 11) is 0. The molecule has 2 aromatic heterocycles. The highest BCUT2D eigenvalue weighted by Crippen LogP contribution is 2.36. The Labute approximate surface area is 226 Å². The van der Waals surface area contributed by atoms with Gasteiger partial charge in [-0.3, -0.25) is 4.79 Å². The number of anilines is 2. The molecule has 2 aliphatic heterocycles. The van der Waals surface area contributed by atoms with Crippen molar-refractivity contribution in [1.29, 1.82) is 0 Å². The monoisotopic (exact) mass is 545 g/mol. The molecule has 38 heavy (non-hydrogen) atoms. The minimum Gasteiger partial charge on any atom is -0.481 e. The third kappa shape index (κ3) is 7.26. The number of benzene rings is 1. The number of nitrogens with one attached hydrogen (secondary N) is 1. The molecule has 12 heteroatoms. The second kappa shape index (κ2) is 13.3. The summed E-state index contributed by atoms with van der Waals surface area (Å²) in [5.41, 5.74) is 1.99. The first-order valence-electron chi connectivity index (χ1n) is 12.6. The van der Waals surface area contributed by atoms with Crippen LogP contribution in [-0.2, 0) is 22.4 Å². The molecule has 2 N–H and O–H groups in total. The first-order valence-corrected chi connectivity index (χ1v) is 12.6. The van der Waals surface area contributed by atoms with Gasteiger partial charge >= 0.3 is 5.97 Å².